The first kappa shape index (κ1) is 26.4. The normalized spacial score (nSPS) is 23.2. The highest BCUT2D eigenvalue weighted by Gasteiger charge is 2.49. The molecule has 0 radical (unpaired) electrons. The number of rotatable bonds is 4. The van der Waals surface area contributed by atoms with Crippen molar-refractivity contribution in [2.45, 2.75) is 44.9 Å². The highest BCUT2D eigenvalue weighted by Crippen LogP contribution is 2.54. The van der Waals surface area contributed by atoms with Crippen molar-refractivity contribution in [1.29, 1.82) is 0 Å². The van der Waals surface area contributed by atoms with Gasteiger partial charge in [-0.3, -0.25) is 0 Å². The second-order valence-corrected chi connectivity index (χ2v) is 14.3. The standard InChI is InChI=1S/C32H34INO2S/c1-24-11-17-28(18-12-24)37(35,36)34-21-29(32(23-34)20-8-7-19-31(2,3)22-32)30(33)27-15-13-26(14-16-27)25-9-5-4-6-10-25/h4-18H,19-23H2,1-3H3/b30-29+. The summed E-state index contributed by atoms with van der Waals surface area (Å²) in [6.07, 6.45) is 7.39. The maximum atomic E-state index is 13.8. The fraction of sp³-hybridized carbons (Fsp3) is 0.312. The molecule has 3 nitrogen and oxygen atoms in total. The van der Waals surface area contributed by atoms with Gasteiger partial charge in [-0.25, -0.2) is 8.42 Å². The van der Waals surface area contributed by atoms with Crippen molar-refractivity contribution in [3.8, 4) is 11.1 Å². The van der Waals surface area contributed by atoms with E-state index in [1.54, 1.807) is 16.4 Å². The fourth-order valence-corrected chi connectivity index (χ4v) is 8.50. The highest BCUT2D eigenvalue weighted by molar-refractivity contribution is 14.1. The average molecular weight is 624 g/mol. The number of aryl methyl sites for hydroxylation is 1. The number of allylic oxidation sites excluding steroid dienone is 2. The van der Waals surface area contributed by atoms with Gasteiger partial charge in [0.15, 0.2) is 0 Å². The summed E-state index contributed by atoms with van der Waals surface area (Å²) < 4.78 is 30.5. The van der Waals surface area contributed by atoms with Crippen LogP contribution in [0.15, 0.2) is 101 Å². The number of halogens is 1. The van der Waals surface area contributed by atoms with E-state index in [1.165, 1.54) is 20.3 Å². The minimum Gasteiger partial charge on any atom is -0.207 e. The molecule has 3 aromatic rings. The number of hydrogen-bond acceptors (Lipinski definition) is 2. The van der Waals surface area contributed by atoms with Gasteiger partial charge in [0.1, 0.15) is 0 Å². The molecule has 1 aliphatic carbocycles. The minimum absolute atomic E-state index is 0.0932. The minimum atomic E-state index is -3.60. The van der Waals surface area contributed by atoms with E-state index in [0.29, 0.717) is 18.0 Å². The van der Waals surface area contributed by atoms with Crippen molar-refractivity contribution in [3.05, 3.63) is 108 Å². The van der Waals surface area contributed by atoms with Crippen LogP contribution in [0.3, 0.4) is 0 Å². The van der Waals surface area contributed by atoms with Gasteiger partial charge in [-0.1, -0.05) is 98.3 Å². The third-order valence-electron chi connectivity index (χ3n) is 7.79. The number of benzene rings is 3. The van der Waals surface area contributed by atoms with Crippen LogP contribution in [0, 0.1) is 17.8 Å². The Bertz CT molecular complexity index is 1440. The number of nitrogens with zero attached hydrogens (tertiary/aromatic N) is 1. The largest absolute Gasteiger partial charge is 0.243 e. The second-order valence-electron chi connectivity index (χ2n) is 11.3. The Morgan fingerprint density at radius 2 is 1.46 bits per heavy atom. The third-order valence-corrected chi connectivity index (χ3v) is 10.9. The molecule has 5 rings (SSSR count). The maximum Gasteiger partial charge on any atom is 0.243 e. The van der Waals surface area contributed by atoms with Gasteiger partial charge in [0.2, 0.25) is 10.0 Å². The van der Waals surface area contributed by atoms with E-state index >= 15 is 0 Å². The zero-order valence-electron chi connectivity index (χ0n) is 21.7. The molecule has 0 N–H and O–H groups in total. The molecular formula is C32H34INO2S. The Morgan fingerprint density at radius 3 is 2.14 bits per heavy atom. The maximum absolute atomic E-state index is 13.8. The summed E-state index contributed by atoms with van der Waals surface area (Å²) in [5.74, 6) is 0. The molecule has 192 valence electrons. The Labute approximate surface area is 235 Å². The first-order valence-electron chi connectivity index (χ1n) is 12.9. The fourth-order valence-electron chi connectivity index (χ4n) is 5.90. The molecule has 1 spiro atoms. The van der Waals surface area contributed by atoms with Gasteiger partial charge in [0, 0.05) is 22.1 Å². The van der Waals surface area contributed by atoms with Crippen LogP contribution in [-0.4, -0.2) is 25.8 Å². The van der Waals surface area contributed by atoms with Crippen molar-refractivity contribution in [2.24, 2.45) is 10.8 Å². The molecule has 3 aromatic carbocycles. The molecule has 1 unspecified atom stereocenters. The van der Waals surface area contributed by atoms with Gasteiger partial charge in [-0.2, -0.15) is 4.31 Å². The van der Waals surface area contributed by atoms with Crippen LogP contribution >= 0.6 is 22.6 Å². The molecular weight excluding hydrogens is 589 g/mol. The van der Waals surface area contributed by atoms with E-state index in [1.807, 2.05) is 25.1 Å². The molecule has 1 aliphatic heterocycles. The molecule has 0 aromatic heterocycles. The third kappa shape index (κ3) is 5.36. The monoisotopic (exact) mass is 623 g/mol. The van der Waals surface area contributed by atoms with E-state index in [2.05, 4.69) is 97.1 Å². The summed E-state index contributed by atoms with van der Waals surface area (Å²) in [6.45, 7) is 7.54. The van der Waals surface area contributed by atoms with Gasteiger partial charge in [-0.15, -0.1) is 0 Å². The molecule has 1 fully saturated rings. The molecule has 1 saturated heterocycles. The zero-order chi connectivity index (χ0) is 26.3. The lowest BCUT2D eigenvalue weighted by molar-refractivity contribution is 0.209. The van der Waals surface area contributed by atoms with Crippen LogP contribution in [0.25, 0.3) is 14.7 Å². The lowest BCUT2D eigenvalue weighted by atomic mass is 9.68. The topological polar surface area (TPSA) is 37.4 Å². The summed E-state index contributed by atoms with van der Waals surface area (Å²) in [7, 11) is -3.60. The Balaban J connectivity index is 1.57. The second kappa shape index (κ2) is 10.2. The average Bonchev–Trinajstić information content (AvgIpc) is 3.18. The van der Waals surface area contributed by atoms with Crippen molar-refractivity contribution in [3.63, 3.8) is 0 Å². The molecule has 37 heavy (non-hydrogen) atoms. The van der Waals surface area contributed by atoms with Crippen molar-refractivity contribution in [2.75, 3.05) is 13.1 Å². The van der Waals surface area contributed by atoms with Crippen molar-refractivity contribution >= 4 is 36.2 Å². The summed E-state index contributed by atoms with van der Waals surface area (Å²) in [5.41, 5.74) is 5.70. The smallest absolute Gasteiger partial charge is 0.207 e. The Morgan fingerprint density at radius 1 is 0.838 bits per heavy atom. The molecule has 0 bridgehead atoms. The lowest BCUT2D eigenvalue weighted by Crippen LogP contribution is -2.34. The molecule has 5 heteroatoms. The summed E-state index contributed by atoms with van der Waals surface area (Å²) in [6, 6.07) is 26.3. The Hall–Kier alpha value is -2.22. The first-order chi connectivity index (χ1) is 17.6. The number of sulfonamides is 1. The summed E-state index contributed by atoms with van der Waals surface area (Å²) in [5, 5.41) is 0. The van der Waals surface area contributed by atoms with Crippen LogP contribution < -0.4 is 0 Å². The zero-order valence-corrected chi connectivity index (χ0v) is 24.7. The van der Waals surface area contributed by atoms with Crippen LogP contribution in [0.5, 0.6) is 0 Å². The van der Waals surface area contributed by atoms with Crippen LogP contribution in [0.4, 0.5) is 0 Å². The molecule has 0 amide bonds. The van der Waals surface area contributed by atoms with E-state index in [0.717, 1.165) is 30.4 Å². The Kier molecular flexibility index (Phi) is 7.24. The lowest BCUT2D eigenvalue weighted by Gasteiger charge is -2.36. The number of hydrogen-bond donors (Lipinski definition) is 0. The van der Waals surface area contributed by atoms with Crippen LogP contribution in [-0.2, 0) is 10.0 Å². The van der Waals surface area contributed by atoms with Crippen LogP contribution in [0.2, 0.25) is 0 Å². The summed E-state index contributed by atoms with van der Waals surface area (Å²) >= 11 is 2.46. The molecule has 2 aliphatic rings. The molecule has 0 saturated carbocycles. The van der Waals surface area contributed by atoms with E-state index in [4.69, 9.17) is 0 Å². The highest BCUT2D eigenvalue weighted by atomic mass is 127. The predicted molar refractivity (Wildman–Crippen MR) is 162 cm³/mol. The van der Waals surface area contributed by atoms with E-state index in [-0.39, 0.29) is 10.8 Å². The van der Waals surface area contributed by atoms with Gasteiger partial charge in [0.05, 0.1) is 4.90 Å². The van der Waals surface area contributed by atoms with Gasteiger partial charge in [0.25, 0.3) is 0 Å². The van der Waals surface area contributed by atoms with Crippen molar-refractivity contribution in [1.82, 2.24) is 4.31 Å². The van der Waals surface area contributed by atoms with E-state index < -0.39 is 10.0 Å². The summed E-state index contributed by atoms with van der Waals surface area (Å²) in [4.78, 5) is 0.375. The quantitative estimate of drug-likeness (QED) is 0.217. The van der Waals surface area contributed by atoms with Crippen molar-refractivity contribution < 1.29 is 8.42 Å². The van der Waals surface area contributed by atoms with Crippen LogP contribution in [0.1, 0.15) is 44.2 Å². The molecule has 1 heterocycles. The predicted octanol–water partition coefficient (Wildman–Crippen LogP) is 8.27. The van der Waals surface area contributed by atoms with E-state index in [9.17, 15) is 8.42 Å². The first-order valence-corrected chi connectivity index (χ1v) is 15.4. The van der Waals surface area contributed by atoms with Gasteiger partial charge < -0.3 is 0 Å². The molecule has 1 atom stereocenters. The SMILES string of the molecule is Cc1ccc(S(=O)(=O)N2C/C(=C(\I)c3ccc(-c4ccccc4)cc3)C3(CC=CCC(C)(C)C3)C2)cc1. The van der Waals surface area contributed by atoms with Gasteiger partial charge in [-0.05, 0) is 88.6 Å². The van der Waals surface area contributed by atoms with Gasteiger partial charge >= 0.3 is 0 Å².